The summed E-state index contributed by atoms with van der Waals surface area (Å²) in [5.74, 6) is 0.991. The smallest absolute Gasteiger partial charge is 0.260 e. The van der Waals surface area contributed by atoms with Gasteiger partial charge in [-0.2, -0.15) is 0 Å². The number of aliphatic hydroxyl groups is 1. The van der Waals surface area contributed by atoms with Gasteiger partial charge in [-0.1, -0.05) is 18.2 Å². The van der Waals surface area contributed by atoms with Crippen molar-refractivity contribution in [1.29, 1.82) is 0 Å². The summed E-state index contributed by atoms with van der Waals surface area (Å²) < 4.78 is 5.52. The molecule has 0 aliphatic heterocycles. The molecule has 2 N–H and O–H groups in total. The van der Waals surface area contributed by atoms with Gasteiger partial charge in [0.1, 0.15) is 5.75 Å². The fraction of sp³-hybridized carbons (Fsp3) is 0.533. The Morgan fingerprint density at radius 1 is 1.42 bits per heavy atom. The molecule has 2 rings (SSSR count). The summed E-state index contributed by atoms with van der Waals surface area (Å²) in [6.07, 6.45) is 2.05. The van der Waals surface area contributed by atoms with E-state index in [0.717, 1.165) is 12.8 Å². The van der Waals surface area contributed by atoms with Crippen LogP contribution in [0.4, 0.5) is 0 Å². The highest BCUT2D eigenvalue weighted by atomic mass is 16.5. The lowest BCUT2D eigenvalue weighted by atomic mass is 10.1. The predicted octanol–water partition coefficient (Wildman–Crippen LogP) is 1.73. The first-order valence-electron chi connectivity index (χ1n) is 6.84. The van der Waals surface area contributed by atoms with E-state index in [1.54, 1.807) is 6.92 Å². The van der Waals surface area contributed by atoms with Crippen LogP contribution in [0.5, 0.6) is 5.75 Å². The molecule has 4 heteroatoms. The Morgan fingerprint density at radius 3 is 2.74 bits per heavy atom. The monoisotopic (exact) mass is 263 g/mol. The standard InChI is InChI=1S/C15H21NO3/c1-11(19-13-5-3-2-4-6-13)15(18)16-10-9-14(17)12-7-8-12/h2-6,11-12,14,17H,7-10H2,1H3,(H,16,18)/t11-,14-/m1/s1. The average molecular weight is 263 g/mol. The number of carbonyl (C=O) groups excluding carboxylic acids is 1. The van der Waals surface area contributed by atoms with Gasteiger partial charge >= 0.3 is 0 Å². The van der Waals surface area contributed by atoms with E-state index in [2.05, 4.69) is 5.32 Å². The van der Waals surface area contributed by atoms with Crippen LogP contribution in [0, 0.1) is 5.92 Å². The minimum absolute atomic E-state index is 0.146. The molecule has 1 aromatic rings. The van der Waals surface area contributed by atoms with E-state index in [4.69, 9.17) is 4.74 Å². The molecule has 1 aliphatic carbocycles. The van der Waals surface area contributed by atoms with Gasteiger partial charge < -0.3 is 15.2 Å². The van der Waals surface area contributed by atoms with Crippen molar-refractivity contribution in [2.75, 3.05) is 6.54 Å². The first-order chi connectivity index (χ1) is 9.16. The van der Waals surface area contributed by atoms with Crippen molar-refractivity contribution < 1.29 is 14.6 Å². The van der Waals surface area contributed by atoms with Crippen LogP contribution >= 0.6 is 0 Å². The molecule has 4 nitrogen and oxygen atoms in total. The maximum absolute atomic E-state index is 11.8. The van der Waals surface area contributed by atoms with Crippen LogP contribution in [0.1, 0.15) is 26.2 Å². The van der Waals surface area contributed by atoms with E-state index >= 15 is 0 Å². The van der Waals surface area contributed by atoms with E-state index in [-0.39, 0.29) is 12.0 Å². The molecule has 0 bridgehead atoms. The molecule has 0 heterocycles. The molecule has 1 fully saturated rings. The molecule has 19 heavy (non-hydrogen) atoms. The number of hydrogen-bond acceptors (Lipinski definition) is 3. The number of carbonyl (C=O) groups is 1. The maximum Gasteiger partial charge on any atom is 0.260 e. The number of benzene rings is 1. The van der Waals surface area contributed by atoms with Crippen molar-refractivity contribution in [3.05, 3.63) is 30.3 Å². The molecule has 0 aromatic heterocycles. The second-order valence-electron chi connectivity index (χ2n) is 5.06. The van der Waals surface area contributed by atoms with Gasteiger partial charge in [-0.15, -0.1) is 0 Å². The summed E-state index contributed by atoms with van der Waals surface area (Å²) in [6.45, 7) is 2.22. The van der Waals surface area contributed by atoms with Crippen molar-refractivity contribution in [1.82, 2.24) is 5.32 Å². The summed E-state index contributed by atoms with van der Waals surface area (Å²) in [6, 6.07) is 9.27. The van der Waals surface area contributed by atoms with Crippen molar-refractivity contribution in [2.24, 2.45) is 5.92 Å². The Kier molecular flexibility index (Phi) is 4.80. The lowest BCUT2D eigenvalue weighted by Gasteiger charge is -2.15. The minimum atomic E-state index is -0.527. The van der Waals surface area contributed by atoms with Gasteiger partial charge in [-0.3, -0.25) is 4.79 Å². The zero-order valence-corrected chi connectivity index (χ0v) is 11.2. The quantitative estimate of drug-likeness (QED) is 0.787. The Bertz CT molecular complexity index is 403. The molecule has 0 spiro atoms. The lowest BCUT2D eigenvalue weighted by Crippen LogP contribution is -2.37. The van der Waals surface area contributed by atoms with Crippen LogP contribution in [0.15, 0.2) is 30.3 Å². The van der Waals surface area contributed by atoms with E-state index in [1.165, 1.54) is 0 Å². The number of rotatable bonds is 7. The van der Waals surface area contributed by atoms with Gasteiger partial charge in [-0.25, -0.2) is 0 Å². The normalized spacial score (nSPS) is 17.6. The van der Waals surface area contributed by atoms with Crippen LogP contribution < -0.4 is 10.1 Å². The van der Waals surface area contributed by atoms with Crippen LogP contribution in [0.2, 0.25) is 0 Å². The zero-order valence-electron chi connectivity index (χ0n) is 11.2. The topological polar surface area (TPSA) is 58.6 Å². The number of aliphatic hydroxyl groups excluding tert-OH is 1. The molecule has 1 aromatic carbocycles. The highest BCUT2D eigenvalue weighted by Crippen LogP contribution is 2.33. The average Bonchev–Trinajstić information content (AvgIpc) is 3.24. The van der Waals surface area contributed by atoms with Gasteiger partial charge in [0.2, 0.25) is 0 Å². The third-order valence-electron chi connectivity index (χ3n) is 3.33. The van der Waals surface area contributed by atoms with Gasteiger partial charge in [0.15, 0.2) is 6.10 Å². The van der Waals surface area contributed by atoms with Gasteiger partial charge in [-0.05, 0) is 44.2 Å². The van der Waals surface area contributed by atoms with Gasteiger partial charge in [0, 0.05) is 6.54 Å². The molecule has 104 valence electrons. The molecule has 0 unspecified atom stereocenters. The largest absolute Gasteiger partial charge is 0.481 e. The Balaban J connectivity index is 1.67. The van der Waals surface area contributed by atoms with Crippen molar-refractivity contribution >= 4 is 5.91 Å². The first kappa shape index (κ1) is 13.9. The summed E-state index contributed by atoms with van der Waals surface area (Å²) in [5, 5.41) is 12.5. The molecule has 2 atom stereocenters. The summed E-state index contributed by atoms with van der Waals surface area (Å²) >= 11 is 0. The lowest BCUT2D eigenvalue weighted by molar-refractivity contribution is -0.127. The molecule has 0 radical (unpaired) electrons. The van der Waals surface area contributed by atoms with Crippen LogP contribution in [-0.4, -0.2) is 29.8 Å². The fourth-order valence-electron chi connectivity index (χ4n) is 1.96. The Morgan fingerprint density at radius 2 is 2.11 bits per heavy atom. The number of para-hydroxylation sites is 1. The van der Waals surface area contributed by atoms with E-state index < -0.39 is 6.10 Å². The number of hydrogen-bond donors (Lipinski definition) is 2. The molecule has 1 saturated carbocycles. The Hall–Kier alpha value is -1.55. The third kappa shape index (κ3) is 4.56. The second kappa shape index (κ2) is 6.57. The predicted molar refractivity (Wildman–Crippen MR) is 72.9 cm³/mol. The molecular weight excluding hydrogens is 242 g/mol. The first-order valence-corrected chi connectivity index (χ1v) is 6.84. The SMILES string of the molecule is C[C@@H](Oc1ccccc1)C(=O)NCC[C@@H](O)C1CC1. The highest BCUT2D eigenvalue weighted by Gasteiger charge is 2.29. The maximum atomic E-state index is 11.8. The summed E-state index contributed by atoms with van der Waals surface area (Å²) in [5.41, 5.74) is 0. The molecule has 1 amide bonds. The van der Waals surface area contributed by atoms with Crippen molar-refractivity contribution in [2.45, 2.75) is 38.4 Å². The van der Waals surface area contributed by atoms with Gasteiger partial charge in [0.25, 0.3) is 5.91 Å². The Labute approximate surface area is 113 Å². The van der Waals surface area contributed by atoms with Crippen molar-refractivity contribution in [3.8, 4) is 5.75 Å². The zero-order chi connectivity index (χ0) is 13.7. The molecule has 1 aliphatic rings. The molecule has 0 saturated heterocycles. The summed E-state index contributed by atoms with van der Waals surface area (Å²) in [7, 11) is 0. The minimum Gasteiger partial charge on any atom is -0.481 e. The number of ether oxygens (including phenoxy) is 1. The van der Waals surface area contributed by atoms with Crippen LogP contribution in [-0.2, 0) is 4.79 Å². The third-order valence-corrected chi connectivity index (χ3v) is 3.33. The number of amides is 1. The summed E-state index contributed by atoms with van der Waals surface area (Å²) in [4.78, 5) is 11.8. The van der Waals surface area contributed by atoms with Gasteiger partial charge in [0.05, 0.1) is 6.10 Å². The number of nitrogens with one attached hydrogen (secondary N) is 1. The van der Waals surface area contributed by atoms with Crippen LogP contribution in [0.3, 0.4) is 0 Å². The fourth-order valence-corrected chi connectivity index (χ4v) is 1.96. The van der Waals surface area contributed by atoms with Crippen LogP contribution in [0.25, 0.3) is 0 Å². The van der Waals surface area contributed by atoms with E-state index in [0.29, 0.717) is 24.6 Å². The van der Waals surface area contributed by atoms with E-state index in [1.807, 2.05) is 30.3 Å². The van der Waals surface area contributed by atoms with Crippen molar-refractivity contribution in [3.63, 3.8) is 0 Å². The molecular formula is C15H21NO3. The second-order valence-corrected chi connectivity index (χ2v) is 5.06. The highest BCUT2D eigenvalue weighted by molar-refractivity contribution is 5.80. The van der Waals surface area contributed by atoms with E-state index in [9.17, 15) is 9.90 Å².